The maximum Gasteiger partial charge on any atom is 2.00 e. The van der Waals surface area contributed by atoms with Crippen LogP contribution in [-0.4, -0.2) is 22.5 Å². The second-order valence-electron chi connectivity index (χ2n) is 2.72. The summed E-state index contributed by atoms with van der Waals surface area (Å²) in [6.07, 6.45) is 1.55. The molecule has 0 N–H and O–H groups in total. The van der Waals surface area contributed by atoms with Gasteiger partial charge in [0, 0.05) is 5.56 Å². The normalized spacial score (nSPS) is 8.56. The van der Waals surface area contributed by atoms with Gasteiger partial charge in [-0.15, -0.1) is 10.2 Å². The summed E-state index contributed by atoms with van der Waals surface area (Å²) < 4.78 is 5.13. The van der Waals surface area contributed by atoms with Crippen LogP contribution in [0.2, 0.25) is 0 Å². The van der Waals surface area contributed by atoms with Gasteiger partial charge >= 0.3 is 19.5 Å². The minimum atomic E-state index is 0. The third kappa shape index (κ3) is 3.05. The Morgan fingerprint density at radius 1 is 1.12 bits per heavy atom. The first kappa shape index (κ1) is 14.6. The number of hydrogen-bond acceptors (Lipinski definition) is 4. The van der Waals surface area contributed by atoms with E-state index in [4.69, 9.17) is 4.74 Å². The van der Waals surface area contributed by atoms with E-state index in [-0.39, 0.29) is 25.0 Å². The molecule has 1 heterocycles. The van der Waals surface area contributed by atoms with Crippen LogP contribution in [-0.2, 0) is 25.0 Å². The molecule has 0 aliphatic carbocycles. The smallest absolute Gasteiger partial charge is 2.00 e. The summed E-state index contributed by atoms with van der Waals surface area (Å²) >= 11 is 0. The number of methoxy groups -OCH3 is 1. The third-order valence-corrected chi connectivity index (χ3v) is 1.87. The van der Waals surface area contributed by atoms with E-state index in [9.17, 15) is 0 Å². The Kier molecular flexibility index (Phi) is 6.38. The van der Waals surface area contributed by atoms with Crippen molar-refractivity contribution >= 4 is 0 Å². The molecule has 0 saturated heterocycles. The average molecular weight is 269 g/mol. The number of nitrogens with zero attached hydrogens (tertiary/aromatic N) is 3. The van der Waals surface area contributed by atoms with Gasteiger partial charge in [-0.25, -0.2) is 0 Å². The molecule has 16 heavy (non-hydrogen) atoms. The van der Waals surface area contributed by atoms with Gasteiger partial charge in [0.05, 0.1) is 13.3 Å². The van der Waals surface area contributed by atoms with Gasteiger partial charge < -0.3 is 10.2 Å². The number of aromatic nitrogens is 3. The van der Waals surface area contributed by atoms with Crippen LogP contribution in [0, 0.1) is 0 Å². The van der Waals surface area contributed by atoms with Crippen LogP contribution in [0.4, 0.5) is 0 Å². The predicted molar refractivity (Wildman–Crippen MR) is 52.5 cm³/mol. The van der Waals surface area contributed by atoms with Gasteiger partial charge in [0.25, 0.3) is 0 Å². The Morgan fingerprint density at radius 2 is 1.81 bits per heavy atom. The van der Waals surface area contributed by atoms with Crippen LogP contribution in [0.15, 0.2) is 36.5 Å². The third-order valence-electron chi connectivity index (χ3n) is 1.87. The van der Waals surface area contributed by atoms with E-state index in [1.54, 1.807) is 13.3 Å². The van der Waals surface area contributed by atoms with Crippen molar-refractivity contribution < 1.29 is 29.7 Å². The quantitative estimate of drug-likeness (QED) is 0.772. The number of benzene rings is 1. The summed E-state index contributed by atoms with van der Waals surface area (Å²) in [5, 5.41) is 11.2. The molecule has 1 aromatic heterocycles. The molecule has 0 unspecified atom stereocenters. The van der Waals surface area contributed by atoms with E-state index in [0.717, 1.165) is 5.56 Å². The molecule has 0 radical (unpaired) electrons. The first-order valence-electron chi connectivity index (χ1n) is 4.19. The standard InChI is InChI=1S/C10H9N3O.O.Zn/c1-14-9-7-11-13-12-10(9)8-5-3-2-4-6-8;;/h2-7H,1H3;;/q;-2;+2. The van der Waals surface area contributed by atoms with Gasteiger partial charge in [-0.2, -0.15) is 0 Å². The predicted octanol–water partition coefficient (Wildman–Crippen LogP) is 1.43. The molecule has 5 nitrogen and oxygen atoms in total. The zero-order valence-electron chi connectivity index (χ0n) is 8.83. The number of ether oxygens (including phenoxy) is 1. The number of rotatable bonds is 2. The van der Waals surface area contributed by atoms with Gasteiger partial charge in [0.2, 0.25) is 0 Å². The Labute approximate surface area is 106 Å². The van der Waals surface area contributed by atoms with Gasteiger partial charge in [-0.05, 0) is 5.21 Å². The zero-order valence-corrected chi connectivity index (χ0v) is 11.8. The fourth-order valence-electron chi connectivity index (χ4n) is 1.20. The molecular weight excluding hydrogens is 260 g/mol. The Bertz CT molecular complexity index is 425. The Hall–Kier alpha value is -1.39. The first-order valence-corrected chi connectivity index (χ1v) is 4.19. The summed E-state index contributed by atoms with van der Waals surface area (Å²) in [5.41, 5.74) is 1.68. The van der Waals surface area contributed by atoms with Gasteiger partial charge in [0.1, 0.15) is 5.69 Å². The monoisotopic (exact) mass is 267 g/mol. The molecular formula is C10H9N3O2Zn. The molecule has 0 spiro atoms. The summed E-state index contributed by atoms with van der Waals surface area (Å²) in [6.45, 7) is 0. The second kappa shape index (κ2) is 6.98. The Balaban J connectivity index is 0.00000112. The zero-order chi connectivity index (χ0) is 9.80. The molecule has 78 valence electrons. The molecule has 1 aromatic carbocycles. The van der Waals surface area contributed by atoms with Crippen molar-refractivity contribution in [3.05, 3.63) is 36.5 Å². The van der Waals surface area contributed by atoms with E-state index in [1.807, 2.05) is 30.3 Å². The topological polar surface area (TPSA) is 76.4 Å². The largest absolute Gasteiger partial charge is 2.00 e. The van der Waals surface area contributed by atoms with Crippen molar-refractivity contribution in [2.45, 2.75) is 0 Å². The molecule has 0 aliphatic rings. The van der Waals surface area contributed by atoms with Gasteiger partial charge in [-0.3, -0.25) is 0 Å². The van der Waals surface area contributed by atoms with Crippen LogP contribution < -0.4 is 4.74 Å². The van der Waals surface area contributed by atoms with E-state index < -0.39 is 0 Å². The molecule has 2 rings (SSSR count). The van der Waals surface area contributed by atoms with Crippen molar-refractivity contribution in [2.75, 3.05) is 7.11 Å². The fourth-order valence-corrected chi connectivity index (χ4v) is 1.20. The molecule has 0 saturated carbocycles. The Morgan fingerprint density at radius 3 is 2.44 bits per heavy atom. The van der Waals surface area contributed by atoms with Gasteiger partial charge in [-0.1, -0.05) is 30.3 Å². The molecule has 0 atom stereocenters. The van der Waals surface area contributed by atoms with Crippen LogP contribution in [0.1, 0.15) is 0 Å². The van der Waals surface area contributed by atoms with E-state index in [1.165, 1.54) is 0 Å². The minimum absolute atomic E-state index is 0. The van der Waals surface area contributed by atoms with E-state index in [2.05, 4.69) is 15.4 Å². The SMILES string of the molecule is COc1cnnnc1-c1ccccc1.[O-2].[Zn+2]. The van der Waals surface area contributed by atoms with Crippen LogP contribution in [0.5, 0.6) is 5.75 Å². The summed E-state index contributed by atoms with van der Waals surface area (Å²) in [4.78, 5) is 0. The van der Waals surface area contributed by atoms with Gasteiger partial charge in [0.15, 0.2) is 5.75 Å². The van der Waals surface area contributed by atoms with Crippen molar-refractivity contribution in [2.24, 2.45) is 0 Å². The van der Waals surface area contributed by atoms with Crippen LogP contribution in [0.25, 0.3) is 11.3 Å². The summed E-state index contributed by atoms with van der Waals surface area (Å²) in [6, 6.07) is 9.73. The molecule has 2 aromatic rings. The van der Waals surface area contributed by atoms with E-state index in [0.29, 0.717) is 11.4 Å². The molecule has 6 heteroatoms. The molecule has 0 bridgehead atoms. The fraction of sp³-hybridized carbons (Fsp3) is 0.100. The molecule has 0 amide bonds. The van der Waals surface area contributed by atoms with Crippen molar-refractivity contribution in [1.82, 2.24) is 15.4 Å². The van der Waals surface area contributed by atoms with Crippen molar-refractivity contribution in [3.8, 4) is 17.0 Å². The van der Waals surface area contributed by atoms with Crippen LogP contribution >= 0.6 is 0 Å². The van der Waals surface area contributed by atoms with Crippen molar-refractivity contribution in [3.63, 3.8) is 0 Å². The maximum absolute atomic E-state index is 5.13. The van der Waals surface area contributed by atoms with Crippen molar-refractivity contribution in [1.29, 1.82) is 0 Å². The van der Waals surface area contributed by atoms with E-state index >= 15 is 0 Å². The summed E-state index contributed by atoms with van der Waals surface area (Å²) in [7, 11) is 1.59. The second-order valence-corrected chi connectivity index (χ2v) is 2.72. The average Bonchev–Trinajstić information content (AvgIpc) is 2.30. The molecule has 0 fully saturated rings. The molecule has 0 aliphatic heterocycles. The first-order chi connectivity index (χ1) is 6.92. The summed E-state index contributed by atoms with van der Waals surface area (Å²) in [5.74, 6) is 0.631. The minimum Gasteiger partial charge on any atom is -2.00 e. The maximum atomic E-state index is 5.13. The van der Waals surface area contributed by atoms with Crippen LogP contribution in [0.3, 0.4) is 0 Å². The number of hydrogen-bond donors (Lipinski definition) is 0.